The number of carbonyl (C=O) groups is 1. The minimum absolute atomic E-state index is 0.0909. The third kappa shape index (κ3) is 3.02. The van der Waals surface area contributed by atoms with Crippen LogP contribution in [0.2, 0.25) is 0 Å². The van der Waals surface area contributed by atoms with Crippen molar-refractivity contribution in [1.82, 2.24) is 9.88 Å². The van der Waals surface area contributed by atoms with E-state index in [9.17, 15) is 4.79 Å². The summed E-state index contributed by atoms with van der Waals surface area (Å²) >= 11 is 0. The van der Waals surface area contributed by atoms with Crippen molar-refractivity contribution in [3.05, 3.63) is 36.0 Å². The summed E-state index contributed by atoms with van der Waals surface area (Å²) in [4.78, 5) is 11.6. The molecule has 1 saturated carbocycles. The van der Waals surface area contributed by atoms with Crippen LogP contribution >= 0.6 is 0 Å². The lowest BCUT2D eigenvalue weighted by Crippen LogP contribution is -2.38. The van der Waals surface area contributed by atoms with Gasteiger partial charge < -0.3 is 15.6 Å². The van der Waals surface area contributed by atoms with Crippen LogP contribution in [-0.2, 0) is 4.79 Å². The second kappa shape index (κ2) is 6.53. The number of rotatable bonds is 4. The standard InChI is InChI=1S/C18H25N3O/c1-13-3-2-4-14-10-12-21(18(13)14)16-7-5-15(6-8-16)20-17(22)9-11-19/h2-4,10,12,15-16H,5-9,11,19H2,1H3,(H,20,22). The van der Waals surface area contributed by atoms with Gasteiger partial charge in [-0.2, -0.15) is 0 Å². The highest BCUT2D eigenvalue weighted by Gasteiger charge is 2.24. The molecular weight excluding hydrogens is 274 g/mol. The van der Waals surface area contributed by atoms with Crippen molar-refractivity contribution in [3.63, 3.8) is 0 Å². The third-order valence-corrected chi connectivity index (χ3v) is 4.77. The van der Waals surface area contributed by atoms with E-state index in [0.717, 1.165) is 25.7 Å². The van der Waals surface area contributed by atoms with Gasteiger partial charge in [-0.05, 0) is 49.6 Å². The molecule has 1 amide bonds. The molecule has 118 valence electrons. The quantitative estimate of drug-likeness (QED) is 0.912. The van der Waals surface area contributed by atoms with Gasteiger partial charge >= 0.3 is 0 Å². The second-order valence-electron chi connectivity index (χ2n) is 6.35. The first-order chi connectivity index (χ1) is 10.7. The highest BCUT2D eigenvalue weighted by molar-refractivity contribution is 5.83. The number of carbonyl (C=O) groups excluding carboxylic acids is 1. The zero-order valence-corrected chi connectivity index (χ0v) is 13.2. The van der Waals surface area contributed by atoms with Crippen molar-refractivity contribution in [3.8, 4) is 0 Å². The molecule has 3 rings (SSSR count). The highest BCUT2D eigenvalue weighted by atomic mass is 16.1. The first kappa shape index (κ1) is 15.1. The number of amides is 1. The van der Waals surface area contributed by atoms with Gasteiger partial charge in [-0.1, -0.05) is 18.2 Å². The number of fused-ring (bicyclic) bond motifs is 1. The summed E-state index contributed by atoms with van der Waals surface area (Å²) in [6.07, 6.45) is 6.98. The fourth-order valence-electron chi connectivity index (χ4n) is 3.64. The van der Waals surface area contributed by atoms with Crippen LogP contribution in [0.1, 0.15) is 43.7 Å². The van der Waals surface area contributed by atoms with Gasteiger partial charge in [-0.25, -0.2) is 0 Å². The van der Waals surface area contributed by atoms with E-state index in [-0.39, 0.29) is 5.91 Å². The highest BCUT2D eigenvalue weighted by Crippen LogP contribution is 2.32. The largest absolute Gasteiger partial charge is 0.353 e. The van der Waals surface area contributed by atoms with Gasteiger partial charge in [-0.3, -0.25) is 4.79 Å². The maximum atomic E-state index is 11.6. The van der Waals surface area contributed by atoms with E-state index in [1.54, 1.807) is 0 Å². The van der Waals surface area contributed by atoms with E-state index < -0.39 is 0 Å². The Bertz CT molecular complexity index is 653. The first-order valence-electron chi connectivity index (χ1n) is 8.24. The lowest BCUT2D eigenvalue weighted by Gasteiger charge is -2.31. The zero-order valence-electron chi connectivity index (χ0n) is 13.2. The van der Waals surface area contributed by atoms with Crippen LogP contribution in [-0.4, -0.2) is 23.1 Å². The molecule has 22 heavy (non-hydrogen) atoms. The SMILES string of the molecule is Cc1cccc2ccn(C3CCC(NC(=O)CCN)CC3)c12. The maximum Gasteiger partial charge on any atom is 0.221 e. The molecule has 0 spiro atoms. The summed E-state index contributed by atoms with van der Waals surface area (Å²) in [7, 11) is 0. The Balaban J connectivity index is 1.67. The Kier molecular flexibility index (Phi) is 4.48. The molecule has 0 bridgehead atoms. The number of para-hydroxylation sites is 1. The van der Waals surface area contributed by atoms with Crippen LogP contribution in [0, 0.1) is 6.92 Å². The number of hydrogen-bond donors (Lipinski definition) is 2. The van der Waals surface area contributed by atoms with E-state index in [2.05, 4.69) is 47.3 Å². The Morgan fingerprint density at radius 3 is 2.77 bits per heavy atom. The smallest absolute Gasteiger partial charge is 0.221 e. The molecule has 0 aliphatic heterocycles. The fourth-order valence-corrected chi connectivity index (χ4v) is 3.64. The molecule has 0 unspecified atom stereocenters. The summed E-state index contributed by atoms with van der Waals surface area (Å²) in [5, 5.41) is 4.42. The fraction of sp³-hybridized carbons (Fsp3) is 0.500. The van der Waals surface area contributed by atoms with Crippen LogP contribution in [0.15, 0.2) is 30.5 Å². The average Bonchev–Trinajstić information content (AvgIpc) is 2.94. The molecule has 1 fully saturated rings. The molecular formula is C18H25N3O. The number of nitrogens with one attached hydrogen (secondary N) is 1. The summed E-state index contributed by atoms with van der Waals surface area (Å²) < 4.78 is 2.43. The maximum absolute atomic E-state index is 11.6. The molecule has 4 nitrogen and oxygen atoms in total. The van der Waals surface area contributed by atoms with Gasteiger partial charge in [0.15, 0.2) is 0 Å². The number of nitrogens with zero attached hydrogens (tertiary/aromatic N) is 1. The molecule has 1 aliphatic rings. The van der Waals surface area contributed by atoms with E-state index in [4.69, 9.17) is 5.73 Å². The van der Waals surface area contributed by atoms with Crippen molar-refractivity contribution in [2.75, 3.05) is 6.54 Å². The van der Waals surface area contributed by atoms with Gasteiger partial charge in [0.25, 0.3) is 0 Å². The Morgan fingerprint density at radius 1 is 1.27 bits per heavy atom. The lowest BCUT2D eigenvalue weighted by molar-refractivity contribution is -0.121. The van der Waals surface area contributed by atoms with Crippen molar-refractivity contribution in [1.29, 1.82) is 0 Å². The van der Waals surface area contributed by atoms with Gasteiger partial charge in [0, 0.05) is 31.2 Å². The number of hydrogen-bond acceptors (Lipinski definition) is 2. The molecule has 0 radical (unpaired) electrons. The van der Waals surface area contributed by atoms with Crippen LogP contribution in [0.3, 0.4) is 0 Å². The van der Waals surface area contributed by atoms with Crippen molar-refractivity contribution in [2.45, 2.75) is 51.1 Å². The van der Waals surface area contributed by atoms with Gasteiger partial charge in [-0.15, -0.1) is 0 Å². The Hall–Kier alpha value is -1.81. The summed E-state index contributed by atoms with van der Waals surface area (Å²) in [6.45, 7) is 2.60. The van der Waals surface area contributed by atoms with Crippen molar-refractivity contribution < 1.29 is 4.79 Å². The van der Waals surface area contributed by atoms with Gasteiger partial charge in [0.2, 0.25) is 5.91 Å². The van der Waals surface area contributed by atoms with Crippen molar-refractivity contribution in [2.24, 2.45) is 5.73 Å². The molecule has 3 N–H and O–H groups in total. The van der Waals surface area contributed by atoms with Crippen LogP contribution in [0.25, 0.3) is 10.9 Å². The summed E-state index contributed by atoms with van der Waals surface area (Å²) in [6, 6.07) is 9.54. The van der Waals surface area contributed by atoms with E-state index in [1.807, 2.05) is 0 Å². The minimum atomic E-state index is 0.0909. The van der Waals surface area contributed by atoms with E-state index >= 15 is 0 Å². The molecule has 1 aromatic carbocycles. The molecule has 2 aromatic rings. The second-order valence-corrected chi connectivity index (χ2v) is 6.35. The normalized spacial score (nSPS) is 21.9. The predicted molar refractivity (Wildman–Crippen MR) is 89.8 cm³/mol. The predicted octanol–water partition coefficient (Wildman–Crippen LogP) is 2.90. The molecule has 1 aliphatic carbocycles. The number of aryl methyl sites for hydroxylation is 1. The number of aromatic nitrogens is 1. The average molecular weight is 299 g/mol. The zero-order chi connectivity index (χ0) is 15.5. The van der Waals surface area contributed by atoms with Crippen LogP contribution < -0.4 is 11.1 Å². The topological polar surface area (TPSA) is 60.0 Å². The van der Waals surface area contributed by atoms with Crippen LogP contribution in [0.5, 0.6) is 0 Å². The first-order valence-corrected chi connectivity index (χ1v) is 8.24. The Labute approximate surface area is 131 Å². The molecule has 1 heterocycles. The molecule has 0 atom stereocenters. The van der Waals surface area contributed by atoms with Gasteiger partial charge in [0.05, 0.1) is 5.52 Å². The number of benzene rings is 1. The van der Waals surface area contributed by atoms with E-state index in [0.29, 0.717) is 25.0 Å². The third-order valence-electron chi connectivity index (χ3n) is 4.77. The van der Waals surface area contributed by atoms with Crippen molar-refractivity contribution >= 4 is 16.8 Å². The number of nitrogens with two attached hydrogens (primary N) is 1. The summed E-state index contributed by atoms with van der Waals surface area (Å²) in [5.41, 5.74) is 8.12. The molecule has 0 saturated heterocycles. The van der Waals surface area contributed by atoms with E-state index in [1.165, 1.54) is 16.5 Å². The molecule has 1 aromatic heterocycles. The minimum Gasteiger partial charge on any atom is -0.353 e. The summed E-state index contributed by atoms with van der Waals surface area (Å²) in [5.74, 6) is 0.0909. The molecule has 4 heteroatoms. The van der Waals surface area contributed by atoms with Gasteiger partial charge in [0.1, 0.15) is 0 Å². The Morgan fingerprint density at radius 2 is 2.05 bits per heavy atom. The van der Waals surface area contributed by atoms with Crippen LogP contribution in [0.4, 0.5) is 0 Å². The lowest BCUT2D eigenvalue weighted by atomic mass is 9.90. The monoisotopic (exact) mass is 299 g/mol.